The van der Waals surface area contributed by atoms with E-state index < -0.39 is 0 Å². The summed E-state index contributed by atoms with van der Waals surface area (Å²) in [5.74, 6) is 1.97. The van der Waals surface area contributed by atoms with E-state index in [1.165, 1.54) is 18.4 Å². The second kappa shape index (κ2) is 11.1. The zero-order valence-corrected chi connectivity index (χ0v) is 21.3. The minimum Gasteiger partial charge on any atom is -0.484 e. The minimum atomic E-state index is -0.159. The quantitative estimate of drug-likeness (QED) is 0.342. The van der Waals surface area contributed by atoms with Crippen LogP contribution in [0.3, 0.4) is 0 Å². The van der Waals surface area contributed by atoms with Gasteiger partial charge in [-0.2, -0.15) is 5.10 Å². The third-order valence-electron chi connectivity index (χ3n) is 5.76. The zero-order valence-electron chi connectivity index (χ0n) is 20.5. The van der Waals surface area contributed by atoms with Gasteiger partial charge in [0.25, 0.3) is 5.91 Å². The molecule has 1 N–H and O–H groups in total. The number of benzene rings is 1. The number of amides is 1. The van der Waals surface area contributed by atoms with Crippen molar-refractivity contribution in [2.75, 3.05) is 31.1 Å². The number of carbonyl (C=O) groups excluding carboxylic acids is 1. The summed E-state index contributed by atoms with van der Waals surface area (Å²) in [5.41, 5.74) is 2.06. The van der Waals surface area contributed by atoms with E-state index in [0.29, 0.717) is 30.0 Å². The van der Waals surface area contributed by atoms with Gasteiger partial charge in [0.05, 0.1) is 18.1 Å². The summed E-state index contributed by atoms with van der Waals surface area (Å²) in [7, 11) is 0. The highest BCUT2D eigenvalue weighted by Crippen LogP contribution is 2.30. The molecule has 4 rings (SSSR count). The smallest absolute Gasteiger partial charge is 0.258 e. The summed E-state index contributed by atoms with van der Waals surface area (Å²) in [4.78, 5) is 24.3. The van der Waals surface area contributed by atoms with Crippen molar-refractivity contribution in [3.8, 4) is 5.75 Å². The molecule has 2 aromatic heterocycles. The second-order valence-electron chi connectivity index (χ2n) is 9.16. The lowest BCUT2D eigenvalue weighted by Crippen LogP contribution is -2.31. The van der Waals surface area contributed by atoms with Crippen LogP contribution in [0.2, 0.25) is 0 Å². The van der Waals surface area contributed by atoms with Gasteiger partial charge in [0.1, 0.15) is 11.6 Å². The maximum absolute atomic E-state index is 12.3. The molecule has 9 heteroatoms. The van der Waals surface area contributed by atoms with Crippen LogP contribution in [0.15, 0.2) is 35.6 Å². The summed E-state index contributed by atoms with van der Waals surface area (Å²) in [5, 5.41) is 9.60. The monoisotopic (exact) mass is 482 g/mol. The molecule has 0 unspecified atom stereocenters. The molecular formula is C25H34N6O2S. The highest BCUT2D eigenvalue weighted by Gasteiger charge is 2.21. The molecule has 182 valence electrons. The number of nitrogens with zero attached hydrogens (tertiary/aromatic N) is 5. The van der Waals surface area contributed by atoms with Gasteiger partial charge in [-0.1, -0.05) is 51.6 Å². The largest absolute Gasteiger partial charge is 0.484 e. The van der Waals surface area contributed by atoms with Gasteiger partial charge in [-0.05, 0) is 36.5 Å². The normalized spacial score (nSPS) is 13.9. The van der Waals surface area contributed by atoms with Crippen LogP contribution < -0.4 is 15.0 Å². The molecule has 1 aromatic carbocycles. The molecular weight excluding hydrogens is 448 g/mol. The Morgan fingerprint density at radius 1 is 1.12 bits per heavy atom. The Labute approximate surface area is 205 Å². The number of hydrogen-bond donors (Lipinski definition) is 1. The second-order valence-corrected chi connectivity index (χ2v) is 10.7. The Bertz CT molecular complexity index is 1110. The number of ether oxygens (including phenoxy) is 1. The first-order valence-corrected chi connectivity index (χ1v) is 12.9. The lowest BCUT2D eigenvalue weighted by molar-refractivity contribution is -0.123. The van der Waals surface area contributed by atoms with E-state index in [1.807, 2.05) is 35.1 Å². The predicted molar refractivity (Wildman–Crippen MR) is 137 cm³/mol. The van der Waals surface area contributed by atoms with E-state index in [9.17, 15) is 4.79 Å². The molecule has 1 aliphatic rings. The molecule has 0 radical (unpaired) electrons. The first-order chi connectivity index (χ1) is 16.4. The number of hydrogen-bond acceptors (Lipinski definition) is 7. The molecule has 3 aromatic rings. The maximum atomic E-state index is 12.3. The van der Waals surface area contributed by atoms with Crippen LogP contribution >= 0.6 is 11.8 Å². The zero-order chi connectivity index (χ0) is 24.1. The fraction of sp³-hybridized carbons (Fsp3) is 0.520. The van der Waals surface area contributed by atoms with E-state index >= 15 is 0 Å². The van der Waals surface area contributed by atoms with Crippen LogP contribution in [-0.2, 0) is 11.3 Å². The number of rotatable bonds is 10. The standard InChI is InChI=1S/C25H34N6O2S/c1-17(2)19-7-9-20(10-8-19)33-16-22(32)26-11-14-31-24-21(15-27-31)23(30-12-5-6-13-30)28-25(29-24)34-18(3)4/h7-10,15,17-18H,5-6,11-14,16H2,1-4H3,(H,26,32). The SMILES string of the molecule is CC(C)Sc1nc(N2CCCC2)c2cnn(CCNC(=O)COc3ccc(C(C)C)cc3)c2n1. The Balaban J connectivity index is 1.37. The van der Waals surface area contributed by atoms with Crippen molar-refractivity contribution >= 4 is 34.5 Å². The third kappa shape index (κ3) is 6.00. The molecule has 1 fully saturated rings. The molecule has 1 amide bonds. The average molecular weight is 483 g/mol. The van der Waals surface area contributed by atoms with E-state index in [2.05, 4.69) is 43.0 Å². The molecule has 3 heterocycles. The molecule has 0 bridgehead atoms. The highest BCUT2D eigenvalue weighted by atomic mass is 32.2. The van der Waals surface area contributed by atoms with Gasteiger partial charge >= 0.3 is 0 Å². The van der Waals surface area contributed by atoms with Crippen molar-refractivity contribution < 1.29 is 9.53 Å². The molecule has 34 heavy (non-hydrogen) atoms. The predicted octanol–water partition coefficient (Wildman–Crippen LogP) is 4.25. The molecule has 0 aliphatic carbocycles. The summed E-state index contributed by atoms with van der Waals surface area (Å²) in [6.45, 7) is 11.6. The number of nitrogens with one attached hydrogen (secondary N) is 1. The Morgan fingerprint density at radius 3 is 2.53 bits per heavy atom. The fourth-order valence-corrected chi connectivity index (χ4v) is 4.67. The summed E-state index contributed by atoms with van der Waals surface area (Å²) in [6, 6.07) is 7.88. The third-order valence-corrected chi connectivity index (χ3v) is 6.63. The Hall–Kier alpha value is -2.81. The summed E-state index contributed by atoms with van der Waals surface area (Å²) >= 11 is 1.66. The van der Waals surface area contributed by atoms with Crippen molar-refractivity contribution in [3.63, 3.8) is 0 Å². The van der Waals surface area contributed by atoms with Crippen molar-refractivity contribution in [1.82, 2.24) is 25.1 Å². The highest BCUT2D eigenvalue weighted by molar-refractivity contribution is 7.99. The minimum absolute atomic E-state index is 0.0165. The van der Waals surface area contributed by atoms with Gasteiger partial charge in [-0.25, -0.2) is 14.6 Å². The molecule has 0 atom stereocenters. The topological polar surface area (TPSA) is 85.2 Å². The summed E-state index contributed by atoms with van der Waals surface area (Å²) in [6.07, 6.45) is 4.21. The molecule has 8 nitrogen and oxygen atoms in total. The number of thioether (sulfide) groups is 1. The first-order valence-electron chi connectivity index (χ1n) is 12.1. The maximum Gasteiger partial charge on any atom is 0.258 e. The Morgan fingerprint density at radius 2 is 1.85 bits per heavy atom. The van der Waals surface area contributed by atoms with Crippen LogP contribution in [0.25, 0.3) is 11.0 Å². The van der Waals surface area contributed by atoms with Gasteiger partial charge in [0, 0.05) is 24.9 Å². The molecule has 0 spiro atoms. The van der Waals surface area contributed by atoms with Crippen LogP contribution in [0.4, 0.5) is 5.82 Å². The van der Waals surface area contributed by atoms with Gasteiger partial charge in [0.15, 0.2) is 17.4 Å². The average Bonchev–Trinajstić information content (AvgIpc) is 3.48. The van der Waals surface area contributed by atoms with Crippen LogP contribution in [0, 0.1) is 0 Å². The molecule has 1 saturated heterocycles. The number of anilines is 1. The van der Waals surface area contributed by atoms with E-state index in [4.69, 9.17) is 14.7 Å². The van der Waals surface area contributed by atoms with Gasteiger partial charge in [-0.3, -0.25) is 4.79 Å². The van der Waals surface area contributed by atoms with Crippen LogP contribution in [0.5, 0.6) is 5.75 Å². The van der Waals surface area contributed by atoms with E-state index in [1.54, 1.807) is 11.8 Å². The van der Waals surface area contributed by atoms with Gasteiger partial charge in [0.2, 0.25) is 0 Å². The number of carbonyl (C=O) groups is 1. The van der Waals surface area contributed by atoms with Crippen LogP contribution in [-0.4, -0.2) is 57.1 Å². The number of fused-ring (bicyclic) bond motifs is 1. The van der Waals surface area contributed by atoms with Crippen molar-refractivity contribution in [2.45, 2.75) is 63.4 Å². The number of aromatic nitrogens is 4. The lowest BCUT2D eigenvalue weighted by atomic mass is 10.0. The molecule has 1 aliphatic heterocycles. The van der Waals surface area contributed by atoms with Gasteiger partial charge < -0.3 is 15.0 Å². The van der Waals surface area contributed by atoms with Gasteiger partial charge in [-0.15, -0.1) is 0 Å². The first kappa shape index (κ1) is 24.3. The van der Waals surface area contributed by atoms with E-state index in [0.717, 1.165) is 35.1 Å². The summed E-state index contributed by atoms with van der Waals surface area (Å²) < 4.78 is 7.48. The Kier molecular flexibility index (Phi) is 7.92. The molecule has 0 saturated carbocycles. The van der Waals surface area contributed by atoms with E-state index in [-0.39, 0.29) is 12.5 Å². The van der Waals surface area contributed by atoms with Crippen LogP contribution in [0.1, 0.15) is 52.0 Å². The van der Waals surface area contributed by atoms with Crippen molar-refractivity contribution in [1.29, 1.82) is 0 Å². The fourth-order valence-electron chi connectivity index (χ4n) is 3.97. The van der Waals surface area contributed by atoms with Crippen molar-refractivity contribution in [3.05, 3.63) is 36.0 Å². The van der Waals surface area contributed by atoms with Crippen molar-refractivity contribution in [2.24, 2.45) is 0 Å². The lowest BCUT2D eigenvalue weighted by Gasteiger charge is -2.18.